The summed E-state index contributed by atoms with van der Waals surface area (Å²) in [6, 6.07) is 14.0. The number of hydrogen-bond acceptors (Lipinski definition) is 5. The summed E-state index contributed by atoms with van der Waals surface area (Å²) in [5.41, 5.74) is 0.811. The largest absolute Gasteiger partial charge is 0.508 e. The molecule has 126 valence electrons. The average molecular weight is 338 g/mol. The molecule has 0 saturated heterocycles. The van der Waals surface area contributed by atoms with Gasteiger partial charge in [-0.05, 0) is 48.0 Å². The summed E-state index contributed by atoms with van der Waals surface area (Å²) in [7, 11) is 0. The number of benzene rings is 2. The van der Waals surface area contributed by atoms with Gasteiger partial charge in [0.2, 0.25) is 0 Å². The van der Waals surface area contributed by atoms with E-state index in [-0.39, 0.29) is 11.3 Å². The number of carboxylic acid groups (broad SMARTS) is 1. The summed E-state index contributed by atoms with van der Waals surface area (Å²) in [5.74, 6) is -1.34. The second-order valence-corrected chi connectivity index (χ2v) is 4.93. The normalized spacial score (nSPS) is 10.6. The van der Waals surface area contributed by atoms with Gasteiger partial charge in [0.1, 0.15) is 23.1 Å². The van der Waals surface area contributed by atoms with Crippen molar-refractivity contribution in [3.05, 3.63) is 59.7 Å². The highest BCUT2D eigenvalue weighted by atomic mass is 16.5. The fourth-order valence-electron chi connectivity index (χ4n) is 1.90. The first kappa shape index (κ1) is 17.6. The zero-order chi connectivity index (χ0) is 18.2. The monoisotopic (exact) mass is 338 g/mol. The van der Waals surface area contributed by atoms with Gasteiger partial charge in [0.05, 0.1) is 0 Å². The number of nitriles is 1. The van der Waals surface area contributed by atoms with Gasteiger partial charge in [-0.2, -0.15) is 5.26 Å². The van der Waals surface area contributed by atoms with Gasteiger partial charge in [-0.1, -0.05) is 12.1 Å². The number of carboxylic acids is 1. The van der Waals surface area contributed by atoms with Crippen LogP contribution in [0, 0.1) is 11.3 Å². The Hall–Kier alpha value is -3.79. The Labute approximate surface area is 143 Å². The van der Waals surface area contributed by atoms with Crippen molar-refractivity contribution in [1.29, 1.82) is 5.26 Å². The molecule has 0 aliphatic rings. The Morgan fingerprint density at radius 2 is 1.92 bits per heavy atom. The molecule has 0 saturated carbocycles. The Morgan fingerprint density at radius 1 is 1.20 bits per heavy atom. The van der Waals surface area contributed by atoms with Gasteiger partial charge in [-0.15, -0.1) is 0 Å². The number of carbonyl (C=O) groups is 2. The van der Waals surface area contributed by atoms with E-state index < -0.39 is 18.5 Å². The van der Waals surface area contributed by atoms with Crippen LogP contribution in [-0.4, -0.2) is 28.7 Å². The third-order valence-corrected chi connectivity index (χ3v) is 3.02. The molecule has 2 rings (SSSR count). The van der Waals surface area contributed by atoms with Gasteiger partial charge in [0.15, 0.2) is 6.61 Å². The number of aromatic hydroxyl groups is 1. The zero-order valence-electron chi connectivity index (χ0n) is 13.0. The summed E-state index contributed by atoms with van der Waals surface area (Å²) >= 11 is 0. The van der Waals surface area contributed by atoms with Crippen LogP contribution in [-0.2, 0) is 9.59 Å². The molecular formula is C18H14N2O5. The van der Waals surface area contributed by atoms with E-state index in [0.717, 1.165) is 0 Å². The van der Waals surface area contributed by atoms with Crippen LogP contribution in [0.15, 0.2) is 54.1 Å². The number of rotatable bonds is 6. The van der Waals surface area contributed by atoms with E-state index >= 15 is 0 Å². The molecular weight excluding hydrogens is 324 g/mol. The van der Waals surface area contributed by atoms with E-state index in [9.17, 15) is 20.0 Å². The predicted octanol–water partition coefficient (Wildman–Crippen LogP) is 2.40. The molecule has 0 radical (unpaired) electrons. The lowest BCUT2D eigenvalue weighted by molar-refractivity contribution is -0.139. The molecule has 7 nitrogen and oxygen atoms in total. The number of anilines is 1. The smallest absolute Gasteiger partial charge is 0.341 e. The number of hydrogen-bond donors (Lipinski definition) is 3. The SMILES string of the molecule is N#C/C(=C/c1cccc(OCC(=O)O)c1)C(=O)Nc1ccc(O)cc1. The number of phenolic OH excluding ortho intramolecular Hbond substituents is 1. The molecule has 0 aliphatic heterocycles. The highest BCUT2D eigenvalue weighted by molar-refractivity contribution is 6.09. The van der Waals surface area contributed by atoms with Crippen LogP contribution in [0.5, 0.6) is 11.5 Å². The lowest BCUT2D eigenvalue weighted by Crippen LogP contribution is -2.13. The van der Waals surface area contributed by atoms with Crippen LogP contribution in [0.1, 0.15) is 5.56 Å². The van der Waals surface area contributed by atoms with Crippen LogP contribution in [0.25, 0.3) is 6.08 Å². The summed E-state index contributed by atoms with van der Waals surface area (Å²) in [6.45, 7) is -0.486. The topological polar surface area (TPSA) is 120 Å². The molecule has 0 bridgehead atoms. The number of phenols is 1. The number of ether oxygens (including phenoxy) is 1. The van der Waals surface area contributed by atoms with E-state index in [1.807, 2.05) is 6.07 Å². The van der Waals surface area contributed by atoms with E-state index in [1.54, 1.807) is 18.2 Å². The Kier molecular flexibility index (Phi) is 5.74. The molecule has 2 aromatic rings. The first-order chi connectivity index (χ1) is 12.0. The van der Waals surface area contributed by atoms with Crippen molar-refractivity contribution in [2.75, 3.05) is 11.9 Å². The molecule has 0 fully saturated rings. The third-order valence-electron chi connectivity index (χ3n) is 3.02. The number of nitrogens with one attached hydrogen (secondary N) is 1. The number of amides is 1. The maximum atomic E-state index is 12.2. The molecule has 0 aromatic heterocycles. The lowest BCUT2D eigenvalue weighted by Gasteiger charge is -2.06. The summed E-state index contributed by atoms with van der Waals surface area (Å²) < 4.78 is 5.05. The molecule has 0 unspecified atom stereocenters. The highest BCUT2D eigenvalue weighted by Gasteiger charge is 2.10. The Morgan fingerprint density at radius 3 is 2.56 bits per heavy atom. The number of nitrogens with zero attached hydrogens (tertiary/aromatic N) is 1. The van der Waals surface area contributed by atoms with E-state index in [0.29, 0.717) is 17.0 Å². The van der Waals surface area contributed by atoms with Gasteiger partial charge < -0.3 is 20.3 Å². The first-order valence-electron chi connectivity index (χ1n) is 7.15. The molecule has 0 atom stereocenters. The van der Waals surface area contributed by atoms with Crippen molar-refractivity contribution >= 4 is 23.6 Å². The van der Waals surface area contributed by atoms with Crippen molar-refractivity contribution in [1.82, 2.24) is 0 Å². The van der Waals surface area contributed by atoms with E-state index in [1.165, 1.54) is 36.4 Å². The van der Waals surface area contributed by atoms with Crippen LogP contribution in [0.4, 0.5) is 5.69 Å². The second-order valence-electron chi connectivity index (χ2n) is 4.93. The Bertz CT molecular complexity index is 851. The van der Waals surface area contributed by atoms with Crippen molar-refractivity contribution in [2.45, 2.75) is 0 Å². The third kappa shape index (κ3) is 5.41. The highest BCUT2D eigenvalue weighted by Crippen LogP contribution is 2.18. The predicted molar refractivity (Wildman–Crippen MR) is 89.9 cm³/mol. The minimum atomic E-state index is -1.10. The number of carbonyl (C=O) groups excluding carboxylic acids is 1. The maximum Gasteiger partial charge on any atom is 0.341 e. The molecule has 2 aromatic carbocycles. The molecule has 7 heteroatoms. The minimum Gasteiger partial charge on any atom is -0.508 e. The van der Waals surface area contributed by atoms with Crippen molar-refractivity contribution in [2.24, 2.45) is 0 Å². The molecule has 0 heterocycles. The molecule has 3 N–H and O–H groups in total. The quantitative estimate of drug-likeness (QED) is 0.423. The minimum absolute atomic E-state index is 0.0622. The molecule has 0 spiro atoms. The summed E-state index contributed by atoms with van der Waals surface area (Å²) in [6.07, 6.45) is 1.36. The van der Waals surface area contributed by atoms with Gasteiger partial charge in [0, 0.05) is 5.69 Å². The van der Waals surface area contributed by atoms with Crippen molar-refractivity contribution in [3.8, 4) is 17.6 Å². The van der Waals surface area contributed by atoms with E-state index in [2.05, 4.69) is 5.32 Å². The molecule has 0 aliphatic carbocycles. The summed E-state index contributed by atoms with van der Waals surface area (Å²) in [5, 5.41) is 29.6. The average Bonchev–Trinajstić information content (AvgIpc) is 2.60. The van der Waals surface area contributed by atoms with Gasteiger partial charge in [0.25, 0.3) is 5.91 Å². The fraction of sp³-hybridized carbons (Fsp3) is 0.0556. The van der Waals surface area contributed by atoms with Crippen LogP contribution >= 0.6 is 0 Å². The lowest BCUT2D eigenvalue weighted by atomic mass is 10.1. The van der Waals surface area contributed by atoms with Crippen LogP contribution in [0.3, 0.4) is 0 Å². The van der Waals surface area contributed by atoms with Gasteiger partial charge in [-0.3, -0.25) is 4.79 Å². The summed E-state index contributed by atoms with van der Waals surface area (Å²) in [4.78, 5) is 22.7. The fourth-order valence-corrected chi connectivity index (χ4v) is 1.90. The molecule has 1 amide bonds. The van der Waals surface area contributed by atoms with Crippen molar-refractivity contribution in [3.63, 3.8) is 0 Å². The maximum absolute atomic E-state index is 12.2. The first-order valence-corrected chi connectivity index (χ1v) is 7.15. The second kappa shape index (κ2) is 8.17. The van der Waals surface area contributed by atoms with Crippen molar-refractivity contribution < 1.29 is 24.5 Å². The number of aliphatic carboxylic acids is 1. The van der Waals surface area contributed by atoms with Gasteiger partial charge in [-0.25, -0.2) is 4.79 Å². The van der Waals surface area contributed by atoms with E-state index in [4.69, 9.17) is 9.84 Å². The molecule has 25 heavy (non-hydrogen) atoms. The van der Waals surface area contributed by atoms with Gasteiger partial charge >= 0.3 is 5.97 Å². The van der Waals surface area contributed by atoms with Crippen LogP contribution in [0.2, 0.25) is 0 Å². The Balaban J connectivity index is 2.14. The van der Waals surface area contributed by atoms with Crippen LogP contribution < -0.4 is 10.1 Å². The zero-order valence-corrected chi connectivity index (χ0v) is 13.0. The standard InChI is InChI=1S/C18H14N2O5/c19-10-13(18(24)20-14-4-6-15(21)7-5-14)8-12-2-1-3-16(9-12)25-11-17(22)23/h1-9,21H,11H2,(H,20,24)(H,22,23)/b13-8-.